The summed E-state index contributed by atoms with van der Waals surface area (Å²) in [5, 5.41) is 10.0. The number of hydrogen-bond acceptors (Lipinski definition) is 3. The summed E-state index contributed by atoms with van der Waals surface area (Å²) < 4.78 is 0. The Kier molecular flexibility index (Phi) is 1.96. The lowest BCUT2D eigenvalue weighted by molar-refractivity contribution is -0.255. The van der Waals surface area contributed by atoms with E-state index >= 15 is 0 Å². The van der Waals surface area contributed by atoms with Crippen molar-refractivity contribution in [3.8, 4) is 0 Å². The topological polar surface area (TPSA) is 73.0 Å². The van der Waals surface area contributed by atoms with Crippen LogP contribution in [0.2, 0.25) is 5.15 Å². The number of aromatic amines is 1. The predicted molar refractivity (Wildman–Crippen MR) is 36.4 cm³/mol. The van der Waals surface area contributed by atoms with Crippen LogP contribution in [0.1, 0.15) is 10.4 Å². The van der Waals surface area contributed by atoms with Gasteiger partial charge in [0.15, 0.2) is 0 Å². The molecule has 1 rings (SSSR count). The van der Waals surface area contributed by atoms with Gasteiger partial charge in [0.25, 0.3) is 0 Å². The van der Waals surface area contributed by atoms with Gasteiger partial charge in [0.1, 0.15) is 5.15 Å². The highest BCUT2D eigenvalue weighted by Crippen LogP contribution is 2.07. The first-order valence-corrected chi connectivity index (χ1v) is 3.09. The monoisotopic (exact) mass is 172 g/mol. The summed E-state index contributed by atoms with van der Waals surface area (Å²) in [5.74, 6) is -1.41. The molecule has 0 unspecified atom stereocenters. The highest BCUT2D eigenvalue weighted by Gasteiger charge is 1.99. The van der Waals surface area contributed by atoms with E-state index in [-0.39, 0.29) is 10.7 Å². The second-order valence-electron chi connectivity index (χ2n) is 1.84. The maximum Gasteiger partial charge on any atom is 0.249 e. The molecule has 1 heterocycles. The Morgan fingerprint density at radius 3 is 2.64 bits per heavy atom. The average Bonchev–Trinajstić information content (AvgIpc) is 1.85. The minimum Gasteiger partial charge on any atom is -0.545 e. The lowest BCUT2D eigenvalue weighted by Gasteiger charge is -2.01. The number of hydrogen-bond donors (Lipinski definition) is 1. The first kappa shape index (κ1) is 7.81. The molecule has 0 spiro atoms. The molecule has 0 aromatic carbocycles. The summed E-state index contributed by atoms with van der Waals surface area (Å²) in [7, 11) is 0. The van der Waals surface area contributed by atoms with Crippen LogP contribution in [0.3, 0.4) is 0 Å². The summed E-state index contributed by atoms with van der Waals surface area (Å²) in [6, 6.07) is 2.16. The number of H-pyrrole nitrogens is 1. The van der Waals surface area contributed by atoms with Crippen molar-refractivity contribution >= 4 is 17.6 Å². The Bertz CT molecular complexity index is 344. The summed E-state index contributed by atoms with van der Waals surface area (Å²) in [4.78, 5) is 22.8. The zero-order valence-corrected chi connectivity index (χ0v) is 6.01. The van der Waals surface area contributed by atoms with Gasteiger partial charge in [-0.3, -0.25) is 4.79 Å². The molecule has 0 saturated heterocycles. The molecule has 0 fully saturated rings. The third kappa shape index (κ3) is 1.59. The van der Waals surface area contributed by atoms with E-state index in [0.29, 0.717) is 0 Å². The summed E-state index contributed by atoms with van der Waals surface area (Å²) in [5.41, 5.74) is -0.661. The van der Waals surface area contributed by atoms with Gasteiger partial charge in [-0.2, -0.15) is 0 Å². The second kappa shape index (κ2) is 2.75. The van der Waals surface area contributed by atoms with Gasteiger partial charge in [-0.15, -0.1) is 0 Å². The van der Waals surface area contributed by atoms with Crippen molar-refractivity contribution in [3.63, 3.8) is 0 Å². The van der Waals surface area contributed by atoms with Gasteiger partial charge in [-0.1, -0.05) is 11.6 Å². The molecule has 11 heavy (non-hydrogen) atoms. The number of pyridine rings is 1. The van der Waals surface area contributed by atoms with Crippen molar-refractivity contribution in [2.75, 3.05) is 0 Å². The SMILES string of the molecule is O=C([O-])c1ccc(=O)[nH]c1Cl. The fraction of sp³-hybridized carbons (Fsp3) is 0. The van der Waals surface area contributed by atoms with Crippen molar-refractivity contribution in [1.82, 2.24) is 4.98 Å². The molecule has 0 aliphatic rings. The quantitative estimate of drug-likeness (QED) is 0.575. The molecule has 1 aromatic heterocycles. The van der Waals surface area contributed by atoms with Crippen LogP contribution in [0.5, 0.6) is 0 Å². The fourth-order valence-electron chi connectivity index (χ4n) is 0.607. The van der Waals surface area contributed by atoms with Gasteiger partial charge in [-0.05, 0) is 6.07 Å². The summed E-state index contributed by atoms with van der Waals surface area (Å²) >= 11 is 5.35. The van der Waals surface area contributed by atoms with E-state index < -0.39 is 11.5 Å². The van der Waals surface area contributed by atoms with Crippen molar-refractivity contribution in [3.05, 3.63) is 33.2 Å². The van der Waals surface area contributed by atoms with Gasteiger partial charge in [0.05, 0.1) is 5.97 Å². The Hall–Kier alpha value is -1.29. The number of rotatable bonds is 1. The third-order valence-corrected chi connectivity index (χ3v) is 1.39. The Morgan fingerprint density at radius 1 is 1.55 bits per heavy atom. The van der Waals surface area contributed by atoms with Crippen molar-refractivity contribution in [2.24, 2.45) is 0 Å². The number of nitrogens with one attached hydrogen (secondary N) is 1. The van der Waals surface area contributed by atoms with Crippen molar-refractivity contribution in [1.29, 1.82) is 0 Å². The predicted octanol–water partition coefficient (Wildman–Crippen LogP) is -0.608. The molecular weight excluding hydrogens is 170 g/mol. The molecule has 1 N–H and O–H groups in total. The molecule has 4 nitrogen and oxygen atoms in total. The van der Waals surface area contributed by atoms with Gasteiger partial charge in [0.2, 0.25) is 5.56 Å². The highest BCUT2D eigenvalue weighted by molar-refractivity contribution is 6.32. The Morgan fingerprint density at radius 2 is 2.18 bits per heavy atom. The number of aromatic carboxylic acids is 1. The molecule has 0 bridgehead atoms. The standard InChI is InChI=1S/C6H4ClNO3/c7-5-3(6(10)11)1-2-4(9)8-5/h1-2H,(H,8,9)(H,10,11)/p-1. The number of carboxylic acid groups (broad SMARTS) is 1. The molecular formula is C6H3ClNO3-. The van der Waals surface area contributed by atoms with Crippen LogP contribution < -0.4 is 10.7 Å². The molecule has 0 saturated carbocycles. The van der Waals surface area contributed by atoms with Crippen molar-refractivity contribution in [2.45, 2.75) is 0 Å². The van der Waals surface area contributed by atoms with Crippen LogP contribution in [0, 0.1) is 0 Å². The Balaban J connectivity index is 3.31. The van der Waals surface area contributed by atoms with E-state index in [0.717, 1.165) is 12.1 Å². The smallest absolute Gasteiger partial charge is 0.249 e. The number of carbonyl (C=O) groups excluding carboxylic acids is 1. The minimum absolute atomic E-state index is 0.211. The fourth-order valence-corrected chi connectivity index (χ4v) is 0.840. The van der Waals surface area contributed by atoms with E-state index in [9.17, 15) is 14.7 Å². The minimum atomic E-state index is -1.41. The number of carboxylic acids is 1. The van der Waals surface area contributed by atoms with Gasteiger partial charge >= 0.3 is 0 Å². The Labute approximate surface area is 66.4 Å². The van der Waals surface area contributed by atoms with E-state index in [1.54, 1.807) is 0 Å². The molecule has 0 aliphatic heterocycles. The second-order valence-corrected chi connectivity index (χ2v) is 2.22. The lowest BCUT2D eigenvalue weighted by atomic mass is 10.3. The zero-order chi connectivity index (χ0) is 8.43. The van der Waals surface area contributed by atoms with Crippen LogP contribution in [-0.2, 0) is 0 Å². The first-order valence-electron chi connectivity index (χ1n) is 2.71. The van der Waals surface area contributed by atoms with Gasteiger partial charge in [-0.25, -0.2) is 0 Å². The maximum atomic E-state index is 10.5. The van der Waals surface area contributed by atoms with E-state index in [2.05, 4.69) is 4.98 Å². The molecule has 0 atom stereocenters. The van der Waals surface area contributed by atoms with Crippen LogP contribution in [0.4, 0.5) is 0 Å². The first-order chi connectivity index (χ1) is 5.11. The van der Waals surface area contributed by atoms with Gasteiger partial charge in [0, 0.05) is 11.6 Å². The van der Waals surface area contributed by atoms with Crippen molar-refractivity contribution < 1.29 is 9.90 Å². The molecule has 0 aliphatic carbocycles. The van der Waals surface area contributed by atoms with Crippen LogP contribution in [0.15, 0.2) is 16.9 Å². The lowest BCUT2D eigenvalue weighted by Crippen LogP contribution is -2.24. The highest BCUT2D eigenvalue weighted by atomic mass is 35.5. The molecule has 0 radical (unpaired) electrons. The van der Waals surface area contributed by atoms with E-state index in [1.165, 1.54) is 0 Å². The molecule has 5 heteroatoms. The zero-order valence-electron chi connectivity index (χ0n) is 5.26. The van der Waals surface area contributed by atoms with Crippen LogP contribution in [-0.4, -0.2) is 11.0 Å². The van der Waals surface area contributed by atoms with Crippen LogP contribution in [0.25, 0.3) is 0 Å². The van der Waals surface area contributed by atoms with E-state index in [1.807, 2.05) is 0 Å². The summed E-state index contributed by atoms with van der Waals surface area (Å²) in [6.45, 7) is 0. The molecule has 0 amide bonds. The van der Waals surface area contributed by atoms with Crippen LogP contribution >= 0.6 is 11.6 Å². The molecule has 58 valence electrons. The normalized spacial score (nSPS) is 9.55. The largest absolute Gasteiger partial charge is 0.545 e. The maximum absolute atomic E-state index is 10.5. The number of halogens is 1. The average molecular weight is 173 g/mol. The molecule has 1 aromatic rings. The number of carbonyl (C=O) groups is 1. The van der Waals surface area contributed by atoms with E-state index in [4.69, 9.17) is 11.6 Å². The third-order valence-electron chi connectivity index (χ3n) is 1.09. The van der Waals surface area contributed by atoms with Gasteiger partial charge < -0.3 is 14.9 Å². The summed E-state index contributed by atoms with van der Waals surface area (Å²) in [6.07, 6.45) is 0. The number of aromatic nitrogens is 1.